The summed E-state index contributed by atoms with van der Waals surface area (Å²) < 4.78 is 39.6. The van der Waals surface area contributed by atoms with Crippen LogP contribution in [0.15, 0.2) is 0 Å². The molecule has 4 aliphatic rings. The van der Waals surface area contributed by atoms with Crippen molar-refractivity contribution in [3.8, 4) is 0 Å². The second kappa shape index (κ2) is 9.04. The largest absolute Gasteiger partial charge is 0.380 e. The van der Waals surface area contributed by atoms with Crippen molar-refractivity contribution in [1.82, 2.24) is 15.1 Å². The Kier molecular flexibility index (Phi) is 6.60. The van der Waals surface area contributed by atoms with Crippen molar-refractivity contribution in [3.63, 3.8) is 0 Å². The number of amides is 2. The summed E-state index contributed by atoms with van der Waals surface area (Å²) in [6, 6.07) is -0.661. The van der Waals surface area contributed by atoms with Crippen LogP contribution in [0.1, 0.15) is 32.6 Å². The molecule has 0 aromatic rings. The van der Waals surface area contributed by atoms with Gasteiger partial charge in [0.1, 0.15) is 31.1 Å². The van der Waals surface area contributed by atoms with E-state index >= 15 is 0 Å². The zero-order chi connectivity index (χ0) is 21.4. The number of piperidine rings is 1. The lowest BCUT2D eigenvalue weighted by atomic mass is 9.80. The van der Waals surface area contributed by atoms with E-state index in [1.54, 1.807) is 4.90 Å². The van der Waals surface area contributed by atoms with Gasteiger partial charge in [0.05, 0.1) is 19.3 Å². The molecule has 1 aliphatic carbocycles. The van der Waals surface area contributed by atoms with Crippen LogP contribution in [0.25, 0.3) is 0 Å². The highest BCUT2D eigenvalue weighted by Gasteiger charge is 2.50. The summed E-state index contributed by atoms with van der Waals surface area (Å²) in [5.41, 5.74) is 0. The molecule has 0 spiro atoms. The molecule has 3 heterocycles. The van der Waals surface area contributed by atoms with E-state index in [9.17, 15) is 18.4 Å². The molecule has 4 rings (SSSR count). The van der Waals surface area contributed by atoms with Gasteiger partial charge >= 0.3 is 0 Å². The quantitative estimate of drug-likeness (QED) is 0.709. The van der Waals surface area contributed by atoms with Crippen LogP contribution >= 0.6 is 0 Å². The lowest BCUT2D eigenvalue weighted by Gasteiger charge is -2.50. The number of piperazine rings is 1. The van der Waals surface area contributed by atoms with E-state index < -0.39 is 24.6 Å². The number of carbonyl (C=O) groups is 2. The number of nitrogens with one attached hydrogen (secondary N) is 1. The molecule has 1 N–H and O–H groups in total. The Hall–Kier alpha value is -1.32. The summed E-state index contributed by atoms with van der Waals surface area (Å²) in [5.74, 6) is -0.433. The van der Waals surface area contributed by atoms with Gasteiger partial charge in [-0.05, 0) is 31.1 Å². The van der Waals surface area contributed by atoms with Crippen LogP contribution in [-0.4, -0.2) is 92.2 Å². The van der Waals surface area contributed by atoms with Gasteiger partial charge in [-0.25, -0.2) is 8.78 Å². The van der Waals surface area contributed by atoms with Gasteiger partial charge in [0, 0.05) is 32.5 Å². The first-order valence-corrected chi connectivity index (χ1v) is 11.1. The molecule has 7 atom stereocenters. The maximum atomic E-state index is 14.8. The maximum Gasteiger partial charge on any atom is 0.247 e. The highest BCUT2D eigenvalue weighted by atomic mass is 19.1. The molecule has 6 unspecified atom stereocenters. The molecule has 9 heteroatoms. The Labute approximate surface area is 176 Å². The molecule has 4 fully saturated rings. The Balaban J connectivity index is 1.48. The normalized spacial score (nSPS) is 41.1. The fraction of sp³-hybridized carbons (Fsp3) is 0.905. The summed E-state index contributed by atoms with van der Waals surface area (Å²) in [7, 11) is 1.54. The van der Waals surface area contributed by atoms with Crippen LogP contribution in [0.2, 0.25) is 0 Å². The number of halogens is 2. The molecular weight excluding hydrogens is 396 g/mol. The first-order chi connectivity index (χ1) is 14.4. The molecule has 3 aliphatic heterocycles. The van der Waals surface area contributed by atoms with Crippen molar-refractivity contribution in [2.24, 2.45) is 17.8 Å². The topological polar surface area (TPSA) is 71.1 Å². The average molecular weight is 430 g/mol. The number of rotatable bonds is 5. The number of methoxy groups -OCH3 is 1. The van der Waals surface area contributed by atoms with Gasteiger partial charge in [0.15, 0.2) is 0 Å². The van der Waals surface area contributed by atoms with Gasteiger partial charge < -0.3 is 19.3 Å². The van der Waals surface area contributed by atoms with Crippen molar-refractivity contribution >= 4 is 11.8 Å². The van der Waals surface area contributed by atoms with Crippen molar-refractivity contribution in [1.29, 1.82) is 0 Å². The van der Waals surface area contributed by atoms with E-state index in [1.807, 2.05) is 6.92 Å². The molecule has 2 amide bonds. The lowest BCUT2D eigenvalue weighted by molar-refractivity contribution is -0.174. The summed E-state index contributed by atoms with van der Waals surface area (Å²) in [5, 5.41) is 3.05. The number of hydrogen-bond acceptors (Lipinski definition) is 5. The zero-order valence-corrected chi connectivity index (χ0v) is 17.8. The highest BCUT2D eigenvalue weighted by molar-refractivity contribution is 5.95. The molecule has 1 saturated carbocycles. The van der Waals surface area contributed by atoms with Crippen LogP contribution in [-0.2, 0) is 19.1 Å². The predicted octanol–water partition coefficient (Wildman–Crippen LogP) is 1.12. The minimum atomic E-state index is -1.31. The molecule has 0 radical (unpaired) electrons. The second-order valence-corrected chi connectivity index (χ2v) is 9.39. The molecule has 0 bridgehead atoms. The van der Waals surface area contributed by atoms with Gasteiger partial charge in [0.25, 0.3) is 0 Å². The minimum absolute atomic E-state index is 0.0426. The molecule has 3 saturated heterocycles. The average Bonchev–Trinajstić information content (AvgIpc) is 2.68. The number of carbonyl (C=O) groups excluding carboxylic acids is 2. The fourth-order valence-corrected chi connectivity index (χ4v) is 5.24. The van der Waals surface area contributed by atoms with Gasteiger partial charge in [-0.2, -0.15) is 0 Å². The number of nitrogens with zero attached hydrogens (tertiary/aromatic N) is 2. The third kappa shape index (κ3) is 4.21. The molecule has 0 aromatic carbocycles. The third-order valence-electron chi connectivity index (χ3n) is 7.32. The van der Waals surface area contributed by atoms with E-state index in [-0.39, 0.29) is 48.6 Å². The van der Waals surface area contributed by atoms with Crippen molar-refractivity contribution in [2.45, 2.75) is 63.3 Å². The summed E-state index contributed by atoms with van der Waals surface area (Å²) in [4.78, 5) is 29.5. The Bertz CT molecular complexity index is 650. The Morgan fingerprint density at radius 2 is 1.93 bits per heavy atom. The van der Waals surface area contributed by atoms with E-state index in [4.69, 9.17) is 9.47 Å². The first-order valence-electron chi connectivity index (χ1n) is 11.1. The van der Waals surface area contributed by atoms with Crippen molar-refractivity contribution in [2.75, 3.05) is 40.0 Å². The predicted molar refractivity (Wildman–Crippen MR) is 105 cm³/mol. The van der Waals surface area contributed by atoms with Crippen LogP contribution < -0.4 is 5.32 Å². The SMILES string of the molecule is COC1CNC(N2CC(=O)N(CC3CCC(C)C(F)C3)[C@@H](C3COC3)C2=O)C(F)C1. The van der Waals surface area contributed by atoms with Gasteiger partial charge in [-0.15, -0.1) is 0 Å². The second-order valence-electron chi connectivity index (χ2n) is 9.39. The van der Waals surface area contributed by atoms with E-state index in [0.717, 1.165) is 12.8 Å². The third-order valence-corrected chi connectivity index (χ3v) is 7.32. The van der Waals surface area contributed by atoms with Crippen molar-refractivity contribution < 1.29 is 27.8 Å². The first kappa shape index (κ1) is 21.9. The molecular formula is C21H33F2N3O4. The van der Waals surface area contributed by atoms with E-state index in [1.165, 1.54) is 12.0 Å². The summed E-state index contributed by atoms with van der Waals surface area (Å²) >= 11 is 0. The lowest BCUT2D eigenvalue weighted by Crippen LogP contribution is -2.71. The van der Waals surface area contributed by atoms with Crippen LogP contribution in [0.3, 0.4) is 0 Å². The smallest absolute Gasteiger partial charge is 0.247 e. The number of ether oxygens (including phenoxy) is 2. The standard InChI is InChI=1S/C21H33F2N3O4/c1-12-3-4-13(5-16(12)22)8-25-18(27)9-26(21(28)19(25)14-10-30-11-14)20-17(23)6-15(29-2)7-24-20/h12-17,19-20,24H,3-11H2,1-2H3/t12?,13?,15?,16?,17?,19-,20?/m0/s1. The highest BCUT2D eigenvalue weighted by Crippen LogP contribution is 2.34. The zero-order valence-electron chi connectivity index (χ0n) is 17.8. The van der Waals surface area contributed by atoms with Gasteiger partial charge in [-0.3, -0.25) is 14.9 Å². The van der Waals surface area contributed by atoms with E-state index in [2.05, 4.69) is 5.32 Å². The summed E-state index contributed by atoms with van der Waals surface area (Å²) in [6.45, 7) is 3.39. The minimum Gasteiger partial charge on any atom is -0.380 e. The van der Waals surface area contributed by atoms with Crippen LogP contribution in [0.5, 0.6) is 0 Å². The monoisotopic (exact) mass is 429 g/mol. The van der Waals surface area contributed by atoms with E-state index in [0.29, 0.717) is 32.7 Å². The van der Waals surface area contributed by atoms with Gasteiger partial charge in [-0.1, -0.05) is 6.92 Å². The molecule has 170 valence electrons. The van der Waals surface area contributed by atoms with Gasteiger partial charge in [0.2, 0.25) is 11.8 Å². The summed E-state index contributed by atoms with van der Waals surface area (Å²) in [6.07, 6.45) is -0.998. The molecule has 7 nitrogen and oxygen atoms in total. The van der Waals surface area contributed by atoms with Crippen LogP contribution in [0.4, 0.5) is 8.78 Å². The Morgan fingerprint density at radius 1 is 1.17 bits per heavy atom. The Morgan fingerprint density at radius 3 is 2.53 bits per heavy atom. The number of hydrogen-bond donors (Lipinski definition) is 1. The van der Waals surface area contributed by atoms with Crippen LogP contribution in [0, 0.1) is 17.8 Å². The number of alkyl halides is 2. The van der Waals surface area contributed by atoms with Crippen molar-refractivity contribution in [3.05, 3.63) is 0 Å². The maximum absolute atomic E-state index is 14.8. The molecule has 0 aromatic heterocycles. The molecule has 30 heavy (non-hydrogen) atoms. The fourth-order valence-electron chi connectivity index (χ4n) is 5.24.